The number of anilines is 1. The zero-order chi connectivity index (χ0) is 13.7. The van der Waals surface area contributed by atoms with E-state index in [0.717, 1.165) is 25.2 Å². The van der Waals surface area contributed by atoms with Crippen LogP contribution in [0.3, 0.4) is 0 Å². The van der Waals surface area contributed by atoms with Crippen molar-refractivity contribution in [3.8, 4) is 0 Å². The lowest BCUT2D eigenvalue weighted by atomic mass is 10.1. The van der Waals surface area contributed by atoms with Crippen LogP contribution in [0.5, 0.6) is 0 Å². The highest BCUT2D eigenvalue weighted by Gasteiger charge is 2.02. The van der Waals surface area contributed by atoms with Gasteiger partial charge in [0, 0.05) is 19.3 Å². The fraction of sp³-hybridized carbons (Fsp3) is 0.571. The number of aromatic nitrogens is 3. The Hall–Kier alpha value is -1.62. The molecular weight excluding hydrogens is 240 g/mol. The number of fused-ring (bicyclic) bond motifs is 1. The molecule has 19 heavy (non-hydrogen) atoms. The predicted octanol–water partition coefficient (Wildman–Crippen LogP) is 2.51. The van der Waals surface area contributed by atoms with Crippen LogP contribution < -0.4 is 5.32 Å². The first-order valence-corrected chi connectivity index (χ1v) is 6.80. The molecule has 104 valence electrons. The van der Waals surface area contributed by atoms with Crippen molar-refractivity contribution in [3.05, 3.63) is 23.9 Å². The number of ether oxygens (including phenoxy) is 1. The summed E-state index contributed by atoms with van der Waals surface area (Å²) in [6, 6.07) is 4.03. The van der Waals surface area contributed by atoms with E-state index in [4.69, 9.17) is 4.74 Å². The van der Waals surface area contributed by atoms with Gasteiger partial charge in [0.2, 0.25) is 5.95 Å². The monoisotopic (exact) mass is 262 g/mol. The van der Waals surface area contributed by atoms with Crippen molar-refractivity contribution in [1.29, 1.82) is 0 Å². The Balaban J connectivity index is 1.75. The molecule has 5 heteroatoms. The number of aryl methyl sites for hydroxylation is 1. The number of nitrogens with one attached hydrogen (secondary N) is 1. The van der Waals surface area contributed by atoms with E-state index in [1.54, 1.807) is 4.52 Å². The van der Waals surface area contributed by atoms with Gasteiger partial charge in [0.1, 0.15) is 0 Å². The van der Waals surface area contributed by atoms with Crippen molar-refractivity contribution < 1.29 is 4.74 Å². The van der Waals surface area contributed by atoms with E-state index < -0.39 is 0 Å². The van der Waals surface area contributed by atoms with E-state index in [1.807, 2.05) is 25.3 Å². The summed E-state index contributed by atoms with van der Waals surface area (Å²) in [5.41, 5.74) is 2.05. The van der Waals surface area contributed by atoms with Gasteiger partial charge in [0.25, 0.3) is 0 Å². The Morgan fingerprint density at radius 2 is 2.21 bits per heavy atom. The summed E-state index contributed by atoms with van der Waals surface area (Å²) >= 11 is 0. The molecule has 0 aliphatic carbocycles. The summed E-state index contributed by atoms with van der Waals surface area (Å²) in [7, 11) is 0. The average molecular weight is 262 g/mol. The van der Waals surface area contributed by atoms with E-state index in [2.05, 4.69) is 29.2 Å². The molecule has 2 heterocycles. The van der Waals surface area contributed by atoms with Crippen molar-refractivity contribution in [2.75, 3.05) is 25.1 Å². The summed E-state index contributed by atoms with van der Waals surface area (Å²) in [6.07, 6.45) is 3.02. The van der Waals surface area contributed by atoms with Crippen LogP contribution in [0.4, 0.5) is 5.95 Å². The van der Waals surface area contributed by atoms with Crippen LogP contribution in [0.2, 0.25) is 0 Å². The molecule has 0 atom stereocenters. The third-order valence-electron chi connectivity index (χ3n) is 2.86. The van der Waals surface area contributed by atoms with Gasteiger partial charge >= 0.3 is 0 Å². The normalized spacial score (nSPS) is 11.4. The Bertz CT molecular complexity index is 521. The standard InChI is InChI=1S/C14H22N4O/c1-11(2)5-8-19-9-6-15-14-16-13-10-12(3)4-7-18(13)17-14/h4,7,10-11H,5-6,8-9H2,1-3H3,(H,15,17). The van der Waals surface area contributed by atoms with Gasteiger partial charge in [-0.15, -0.1) is 5.10 Å². The molecule has 0 aliphatic heterocycles. The van der Waals surface area contributed by atoms with Crippen LogP contribution in [0, 0.1) is 12.8 Å². The molecule has 2 rings (SSSR count). The van der Waals surface area contributed by atoms with E-state index in [9.17, 15) is 0 Å². The first kappa shape index (κ1) is 13.8. The van der Waals surface area contributed by atoms with Gasteiger partial charge in [-0.05, 0) is 37.0 Å². The highest BCUT2D eigenvalue weighted by molar-refractivity contribution is 5.45. The molecule has 0 saturated carbocycles. The van der Waals surface area contributed by atoms with E-state index in [0.29, 0.717) is 18.5 Å². The lowest BCUT2D eigenvalue weighted by Gasteiger charge is -2.06. The number of nitrogens with zero attached hydrogens (tertiary/aromatic N) is 3. The third kappa shape index (κ3) is 4.21. The molecule has 1 N–H and O–H groups in total. The Morgan fingerprint density at radius 3 is 3.00 bits per heavy atom. The summed E-state index contributed by atoms with van der Waals surface area (Å²) in [5, 5.41) is 7.51. The lowest BCUT2D eigenvalue weighted by molar-refractivity contribution is 0.132. The van der Waals surface area contributed by atoms with Crippen molar-refractivity contribution in [3.63, 3.8) is 0 Å². The highest BCUT2D eigenvalue weighted by atomic mass is 16.5. The van der Waals surface area contributed by atoms with Crippen LogP contribution >= 0.6 is 0 Å². The summed E-state index contributed by atoms with van der Waals surface area (Å²) in [5.74, 6) is 1.34. The van der Waals surface area contributed by atoms with Gasteiger partial charge < -0.3 is 10.1 Å². The van der Waals surface area contributed by atoms with Crippen LogP contribution in [0.1, 0.15) is 25.8 Å². The van der Waals surface area contributed by atoms with Crippen molar-refractivity contribution in [2.24, 2.45) is 5.92 Å². The van der Waals surface area contributed by atoms with Gasteiger partial charge in [-0.1, -0.05) is 13.8 Å². The zero-order valence-corrected chi connectivity index (χ0v) is 11.9. The maximum absolute atomic E-state index is 5.53. The number of hydrogen-bond acceptors (Lipinski definition) is 4. The first-order chi connectivity index (χ1) is 9.15. The fourth-order valence-electron chi connectivity index (χ4n) is 1.71. The molecule has 0 aromatic carbocycles. The molecule has 2 aromatic rings. The average Bonchev–Trinajstić information content (AvgIpc) is 2.75. The number of hydrogen-bond donors (Lipinski definition) is 1. The first-order valence-electron chi connectivity index (χ1n) is 6.80. The molecule has 5 nitrogen and oxygen atoms in total. The molecule has 0 saturated heterocycles. The second-order valence-corrected chi connectivity index (χ2v) is 5.16. The summed E-state index contributed by atoms with van der Waals surface area (Å²) in [6.45, 7) is 8.67. The predicted molar refractivity (Wildman–Crippen MR) is 76.5 cm³/mol. The second kappa shape index (κ2) is 6.52. The van der Waals surface area contributed by atoms with Gasteiger partial charge in [-0.25, -0.2) is 4.52 Å². The van der Waals surface area contributed by atoms with E-state index in [-0.39, 0.29) is 0 Å². The number of rotatable bonds is 7. The minimum absolute atomic E-state index is 0.651. The van der Waals surface area contributed by atoms with Crippen LogP contribution in [0.15, 0.2) is 18.3 Å². The highest BCUT2D eigenvalue weighted by Crippen LogP contribution is 2.07. The molecular formula is C14H22N4O. The molecule has 0 radical (unpaired) electrons. The van der Waals surface area contributed by atoms with Crippen molar-refractivity contribution >= 4 is 11.6 Å². The Kier molecular flexibility index (Phi) is 4.74. The Morgan fingerprint density at radius 1 is 1.37 bits per heavy atom. The third-order valence-corrected chi connectivity index (χ3v) is 2.86. The maximum Gasteiger partial charge on any atom is 0.243 e. The minimum Gasteiger partial charge on any atom is -0.380 e. The molecule has 0 bridgehead atoms. The smallest absolute Gasteiger partial charge is 0.243 e. The molecule has 0 unspecified atom stereocenters. The van der Waals surface area contributed by atoms with Crippen LogP contribution in [-0.4, -0.2) is 34.4 Å². The van der Waals surface area contributed by atoms with Gasteiger partial charge in [-0.3, -0.25) is 0 Å². The quantitative estimate of drug-likeness (QED) is 0.779. The lowest BCUT2D eigenvalue weighted by Crippen LogP contribution is -2.11. The van der Waals surface area contributed by atoms with Crippen LogP contribution in [-0.2, 0) is 4.74 Å². The topological polar surface area (TPSA) is 51.5 Å². The SMILES string of the molecule is Cc1ccn2nc(NCCOCCC(C)C)nc2c1. The van der Waals surface area contributed by atoms with Crippen molar-refractivity contribution in [1.82, 2.24) is 14.6 Å². The summed E-state index contributed by atoms with van der Waals surface area (Å²) < 4.78 is 7.31. The largest absolute Gasteiger partial charge is 0.380 e. The van der Waals surface area contributed by atoms with Gasteiger partial charge in [-0.2, -0.15) is 4.98 Å². The molecule has 0 fully saturated rings. The van der Waals surface area contributed by atoms with Gasteiger partial charge in [0.05, 0.1) is 6.61 Å². The molecule has 0 amide bonds. The number of pyridine rings is 1. The second-order valence-electron chi connectivity index (χ2n) is 5.16. The minimum atomic E-state index is 0.651. The Labute approximate surface area is 114 Å². The molecule has 0 spiro atoms. The molecule has 0 aliphatic rings. The summed E-state index contributed by atoms with van der Waals surface area (Å²) in [4.78, 5) is 4.40. The maximum atomic E-state index is 5.53. The van der Waals surface area contributed by atoms with E-state index >= 15 is 0 Å². The van der Waals surface area contributed by atoms with E-state index in [1.165, 1.54) is 5.56 Å². The van der Waals surface area contributed by atoms with Crippen LogP contribution in [0.25, 0.3) is 5.65 Å². The van der Waals surface area contributed by atoms with Crippen molar-refractivity contribution in [2.45, 2.75) is 27.2 Å². The van der Waals surface area contributed by atoms with Gasteiger partial charge in [0.15, 0.2) is 5.65 Å². The molecule has 2 aromatic heterocycles. The fourth-order valence-corrected chi connectivity index (χ4v) is 1.71. The zero-order valence-electron chi connectivity index (χ0n) is 11.9.